The molecule has 6 heteroatoms. The molecule has 112 valence electrons. The second kappa shape index (κ2) is 7.91. The van der Waals surface area contributed by atoms with Crippen LogP contribution in [-0.4, -0.2) is 31.1 Å². The van der Waals surface area contributed by atoms with Gasteiger partial charge in [-0.3, -0.25) is 0 Å². The molecule has 0 bridgehead atoms. The Morgan fingerprint density at radius 1 is 1.30 bits per heavy atom. The molecule has 4 N–H and O–H groups in total. The Morgan fingerprint density at radius 3 is 2.50 bits per heavy atom. The lowest BCUT2D eigenvalue weighted by atomic mass is 9.95. The predicted octanol–water partition coefficient (Wildman–Crippen LogP) is 1.47. The minimum atomic E-state index is -2.97. The number of carbonyl (C=O) groups excluding carboxylic acids is 1. The molecule has 1 aromatic carbocycles. The highest BCUT2D eigenvalue weighted by Gasteiger charge is 2.44. The maximum absolute atomic E-state index is 12.9. The first-order valence-corrected chi connectivity index (χ1v) is 6.49. The number of hydrogen-bond acceptors (Lipinski definition) is 4. The van der Waals surface area contributed by atoms with E-state index in [1.165, 1.54) is 0 Å². The van der Waals surface area contributed by atoms with E-state index < -0.39 is 17.9 Å². The summed E-state index contributed by atoms with van der Waals surface area (Å²) < 4.78 is 30.8. The third-order valence-electron chi connectivity index (χ3n) is 3.03. The fourth-order valence-corrected chi connectivity index (χ4v) is 1.74. The van der Waals surface area contributed by atoms with Gasteiger partial charge in [0.15, 0.2) is 5.54 Å². The molecule has 0 heterocycles. The van der Waals surface area contributed by atoms with Gasteiger partial charge in [0.1, 0.15) is 0 Å². The quantitative estimate of drug-likeness (QED) is 0.709. The topological polar surface area (TPSA) is 78.3 Å². The van der Waals surface area contributed by atoms with Gasteiger partial charge >= 0.3 is 5.97 Å². The Morgan fingerprint density at radius 2 is 1.95 bits per heavy atom. The van der Waals surface area contributed by atoms with Crippen LogP contribution in [0.3, 0.4) is 0 Å². The molecule has 0 aliphatic heterocycles. The van der Waals surface area contributed by atoms with E-state index in [9.17, 15) is 13.6 Å². The van der Waals surface area contributed by atoms with E-state index in [2.05, 4.69) is 0 Å². The number of benzene rings is 1. The molecule has 0 amide bonds. The Bertz CT molecular complexity index is 415. The Labute approximate surface area is 117 Å². The highest BCUT2D eigenvalue weighted by atomic mass is 19.3. The van der Waals surface area contributed by atoms with Gasteiger partial charge in [-0.15, -0.1) is 0 Å². The summed E-state index contributed by atoms with van der Waals surface area (Å²) in [7, 11) is 0. The van der Waals surface area contributed by atoms with Crippen molar-refractivity contribution in [1.82, 2.24) is 0 Å². The summed E-state index contributed by atoms with van der Waals surface area (Å²) in [5.41, 5.74) is 9.42. The number of hydrogen-bond donors (Lipinski definition) is 2. The van der Waals surface area contributed by atoms with Crippen molar-refractivity contribution in [2.45, 2.75) is 31.2 Å². The maximum atomic E-state index is 12.9. The van der Waals surface area contributed by atoms with Crippen molar-refractivity contribution in [1.29, 1.82) is 0 Å². The van der Waals surface area contributed by atoms with Crippen LogP contribution in [0.1, 0.15) is 18.4 Å². The lowest BCUT2D eigenvalue weighted by molar-refractivity contribution is -0.157. The number of esters is 1. The molecule has 0 saturated carbocycles. The molecule has 0 fully saturated rings. The van der Waals surface area contributed by atoms with Crippen molar-refractivity contribution in [3.63, 3.8) is 0 Å². The van der Waals surface area contributed by atoms with Gasteiger partial charge in [-0.1, -0.05) is 30.3 Å². The summed E-state index contributed by atoms with van der Waals surface area (Å²) in [6, 6.07) is 9.30. The molecule has 1 aromatic rings. The van der Waals surface area contributed by atoms with Gasteiger partial charge in [0, 0.05) is 6.42 Å². The number of ether oxygens (including phenoxy) is 1. The van der Waals surface area contributed by atoms with Gasteiger partial charge in [0.05, 0.1) is 6.61 Å². The molecule has 0 spiro atoms. The van der Waals surface area contributed by atoms with Gasteiger partial charge in [-0.05, 0) is 24.9 Å². The Hall–Kier alpha value is -1.53. The normalized spacial score (nSPS) is 14.1. The third kappa shape index (κ3) is 4.54. The fourth-order valence-electron chi connectivity index (χ4n) is 1.74. The summed E-state index contributed by atoms with van der Waals surface area (Å²) in [6.45, 7) is 0.222. The molecule has 0 saturated heterocycles. The fraction of sp³-hybridized carbons (Fsp3) is 0.500. The van der Waals surface area contributed by atoms with E-state index in [-0.39, 0.29) is 26.0 Å². The molecule has 20 heavy (non-hydrogen) atoms. The molecular weight excluding hydrogens is 266 g/mol. The van der Waals surface area contributed by atoms with E-state index in [1.807, 2.05) is 30.3 Å². The summed E-state index contributed by atoms with van der Waals surface area (Å²) in [5.74, 6) is -1.07. The summed E-state index contributed by atoms with van der Waals surface area (Å²) >= 11 is 0. The Balaban J connectivity index is 2.50. The molecule has 0 aliphatic carbocycles. The van der Waals surface area contributed by atoms with E-state index in [0.717, 1.165) is 5.56 Å². The van der Waals surface area contributed by atoms with Crippen molar-refractivity contribution in [3.8, 4) is 0 Å². The van der Waals surface area contributed by atoms with E-state index >= 15 is 0 Å². The molecule has 0 aliphatic rings. The van der Waals surface area contributed by atoms with Gasteiger partial charge in [-0.25, -0.2) is 13.6 Å². The zero-order chi connectivity index (χ0) is 15.0. The molecule has 1 rings (SSSR count). The monoisotopic (exact) mass is 286 g/mol. The van der Waals surface area contributed by atoms with Crippen LogP contribution in [0.25, 0.3) is 0 Å². The van der Waals surface area contributed by atoms with Gasteiger partial charge in [-0.2, -0.15) is 0 Å². The minimum absolute atomic E-state index is 0.0249. The van der Waals surface area contributed by atoms with E-state index in [0.29, 0.717) is 6.42 Å². The van der Waals surface area contributed by atoms with Crippen LogP contribution in [0.2, 0.25) is 0 Å². The third-order valence-corrected chi connectivity index (χ3v) is 3.03. The SMILES string of the molecule is NCCCC(N)(C(=O)OCCc1ccccc1)C(F)F. The average molecular weight is 286 g/mol. The smallest absolute Gasteiger partial charge is 0.332 e. The first-order valence-electron chi connectivity index (χ1n) is 6.49. The predicted molar refractivity (Wildman–Crippen MR) is 72.3 cm³/mol. The zero-order valence-electron chi connectivity index (χ0n) is 11.2. The number of carbonyl (C=O) groups is 1. The lowest BCUT2D eigenvalue weighted by Gasteiger charge is -2.26. The standard InChI is InChI=1S/C14H20F2N2O2/c15-12(16)14(18,8-4-9-17)13(19)20-10-7-11-5-2-1-3-6-11/h1-3,5-6,12H,4,7-10,17-18H2. The summed E-state index contributed by atoms with van der Waals surface area (Å²) in [5, 5.41) is 0. The summed E-state index contributed by atoms with van der Waals surface area (Å²) in [6.07, 6.45) is -2.46. The van der Waals surface area contributed by atoms with Crippen LogP contribution in [0, 0.1) is 0 Å². The lowest BCUT2D eigenvalue weighted by Crippen LogP contribution is -2.55. The van der Waals surface area contributed by atoms with Gasteiger partial charge < -0.3 is 16.2 Å². The largest absolute Gasteiger partial charge is 0.464 e. The molecule has 1 atom stereocenters. The number of halogens is 2. The number of nitrogens with two attached hydrogens (primary N) is 2. The van der Waals surface area contributed by atoms with Gasteiger partial charge in [0.2, 0.25) is 0 Å². The van der Waals surface area contributed by atoms with E-state index in [1.54, 1.807) is 0 Å². The first kappa shape index (κ1) is 16.5. The van der Waals surface area contributed by atoms with Crippen LogP contribution in [-0.2, 0) is 16.0 Å². The average Bonchev–Trinajstić information content (AvgIpc) is 2.45. The second-order valence-corrected chi connectivity index (χ2v) is 4.60. The van der Waals surface area contributed by atoms with Crippen LogP contribution in [0.5, 0.6) is 0 Å². The Kier molecular flexibility index (Phi) is 6.54. The highest BCUT2D eigenvalue weighted by molar-refractivity contribution is 5.81. The van der Waals surface area contributed by atoms with Crippen molar-refractivity contribution < 1.29 is 18.3 Å². The molecule has 4 nitrogen and oxygen atoms in total. The second-order valence-electron chi connectivity index (χ2n) is 4.60. The van der Waals surface area contributed by atoms with Crippen molar-refractivity contribution >= 4 is 5.97 Å². The van der Waals surface area contributed by atoms with Crippen LogP contribution in [0.15, 0.2) is 30.3 Å². The molecular formula is C14H20F2N2O2. The zero-order valence-corrected chi connectivity index (χ0v) is 11.2. The van der Waals surface area contributed by atoms with Crippen molar-refractivity contribution in [2.24, 2.45) is 11.5 Å². The first-order chi connectivity index (χ1) is 9.50. The van der Waals surface area contributed by atoms with Crippen LogP contribution >= 0.6 is 0 Å². The highest BCUT2D eigenvalue weighted by Crippen LogP contribution is 2.20. The van der Waals surface area contributed by atoms with Crippen LogP contribution in [0.4, 0.5) is 8.78 Å². The molecule has 0 radical (unpaired) electrons. The van der Waals surface area contributed by atoms with Crippen molar-refractivity contribution in [2.75, 3.05) is 13.2 Å². The van der Waals surface area contributed by atoms with E-state index in [4.69, 9.17) is 16.2 Å². The maximum Gasteiger partial charge on any atom is 0.332 e. The summed E-state index contributed by atoms with van der Waals surface area (Å²) in [4.78, 5) is 11.7. The van der Waals surface area contributed by atoms with Crippen molar-refractivity contribution in [3.05, 3.63) is 35.9 Å². The molecule has 1 unspecified atom stereocenters. The number of rotatable bonds is 8. The number of alkyl halides is 2. The van der Waals surface area contributed by atoms with Crippen LogP contribution < -0.4 is 11.5 Å². The molecule has 0 aromatic heterocycles. The minimum Gasteiger partial charge on any atom is -0.464 e. The van der Waals surface area contributed by atoms with Gasteiger partial charge in [0.25, 0.3) is 6.43 Å².